The largest absolute Gasteiger partial charge is 0.273 e. The molecule has 1 heterocycles. The molecule has 1 aliphatic heterocycles. The van der Waals surface area contributed by atoms with Gasteiger partial charge in [-0.15, -0.1) is 0 Å². The van der Waals surface area contributed by atoms with E-state index in [2.05, 4.69) is 4.72 Å². The molecule has 0 atom stereocenters. The van der Waals surface area contributed by atoms with Crippen molar-refractivity contribution in [2.45, 2.75) is 26.3 Å². The molecule has 0 aliphatic carbocycles. The average molecular weight is 310 g/mol. The minimum absolute atomic E-state index is 0.155. The van der Waals surface area contributed by atoms with Gasteiger partial charge < -0.3 is 0 Å². The minimum atomic E-state index is -3.56. The molecule has 1 aromatic rings. The molecular weight excluding hydrogens is 292 g/mol. The van der Waals surface area contributed by atoms with Crippen LogP contribution in [-0.4, -0.2) is 43.0 Å². The van der Waals surface area contributed by atoms with E-state index in [9.17, 15) is 18.0 Å². The van der Waals surface area contributed by atoms with Crippen LogP contribution in [0.25, 0.3) is 0 Å². The van der Waals surface area contributed by atoms with Crippen LogP contribution < -0.4 is 4.72 Å². The fourth-order valence-electron chi connectivity index (χ4n) is 2.17. The number of nitrogens with one attached hydrogen (secondary N) is 1. The van der Waals surface area contributed by atoms with Gasteiger partial charge in [-0.1, -0.05) is 12.1 Å². The number of carbonyl (C=O) groups is 2. The number of benzene rings is 1. The van der Waals surface area contributed by atoms with Gasteiger partial charge >= 0.3 is 0 Å². The van der Waals surface area contributed by atoms with Crippen molar-refractivity contribution in [1.29, 1.82) is 0 Å². The number of carbonyl (C=O) groups excluding carboxylic acids is 2. The third-order valence-corrected chi connectivity index (χ3v) is 4.57. The zero-order valence-corrected chi connectivity index (χ0v) is 13.0. The van der Waals surface area contributed by atoms with E-state index in [1.54, 1.807) is 45.0 Å². The molecule has 0 aromatic heterocycles. The average Bonchev–Trinajstić information content (AvgIpc) is 2.58. The van der Waals surface area contributed by atoms with Crippen molar-refractivity contribution in [2.24, 2.45) is 0 Å². The van der Waals surface area contributed by atoms with Gasteiger partial charge in [0.1, 0.15) is 0 Å². The molecule has 0 fully saturated rings. The molecule has 2 rings (SSSR count). The Bertz CT molecular complexity index is 654. The lowest BCUT2D eigenvalue weighted by Crippen LogP contribution is -2.44. The molecule has 1 aliphatic rings. The molecule has 1 aromatic carbocycles. The standard InChI is InChI=1S/C14H18N2O4S/c1-14(2,3)15-21(19,20)9-8-16-12(17)10-6-4-5-7-11(10)13(16)18/h4-7,15H,8-9H2,1-3H3. The highest BCUT2D eigenvalue weighted by atomic mass is 32.2. The zero-order valence-electron chi connectivity index (χ0n) is 12.2. The lowest BCUT2D eigenvalue weighted by molar-refractivity contribution is 0.0664. The molecule has 21 heavy (non-hydrogen) atoms. The van der Waals surface area contributed by atoms with Crippen molar-refractivity contribution < 1.29 is 18.0 Å². The summed E-state index contributed by atoms with van der Waals surface area (Å²) in [5.74, 6) is -1.20. The summed E-state index contributed by atoms with van der Waals surface area (Å²) in [6.07, 6.45) is 0. The molecule has 0 saturated carbocycles. The second kappa shape index (κ2) is 5.23. The van der Waals surface area contributed by atoms with Gasteiger partial charge in [0.05, 0.1) is 16.9 Å². The second-order valence-electron chi connectivity index (χ2n) is 5.98. The first kappa shape index (κ1) is 15.7. The summed E-state index contributed by atoms with van der Waals surface area (Å²) in [6.45, 7) is 5.03. The van der Waals surface area contributed by atoms with Crippen LogP contribution in [-0.2, 0) is 10.0 Å². The summed E-state index contributed by atoms with van der Waals surface area (Å²) in [5.41, 5.74) is 0.0493. The van der Waals surface area contributed by atoms with Crippen LogP contribution in [0.15, 0.2) is 24.3 Å². The molecule has 2 amide bonds. The van der Waals surface area contributed by atoms with Crippen molar-refractivity contribution in [3.05, 3.63) is 35.4 Å². The summed E-state index contributed by atoms with van der Waals surface area (Å²) < 4.78 is 26.4. The molecule has 0 spiro atoms. The first-order valence-electron chi connectivity index (χ1n) is 6.58. The number of sulfonamides is 1. The molecule has 6 nitrogen and oxygen atoms in total. The van der Waals surface area contributed by atoms with Gasteiger partial charge in [-0.25, -0.2) is 13.1 Å². The highest BCUT2D eigenvalue weighted by Crippen LogP contribution is 2.22. The normalized spacial score (nSPS) is 15.5. The molecule has 0 radical (unpaired) electrons. The first-order chi connectivity index (χ1) is 9.61. The molecule has 0 unspecified atom stereocenters. The van der Waals surface area contributed by atoms with Crippen LogP contribution in [0, 0.1) is 0 Å². The molecule has 0 saturated heterocycles. The van der Waals surface area contributed by atoms with E-state index in [0.717, 1.165) is 4.90 Å². The molecule has 0 bridgehead atoms. The Labute approximate surface area is 124 Å². The van der Waals surface area contributed by atoms with Crippen LogP contribution in [0.5, 0.6) is 0 Å². The number of imide groups is 1. The van der Waals surface area contributed by atoms with Crippen LogP contribution >= 0.6 is 0 Å². The van der Waals surface area contributed by atoms with Crippen LogP contribution in [0.1, 0.15) is 41.5 Å². The predicted octanol–water partition coefficient (Wildman–Crippen LogP) is 1.00. The van der Waals surface area contributed by atoms with Gasteiger partial charge in [-0.3, -0.25) is 14.5 Å². The monoisotopic (exact) mass is 310 g/mol. The van der Waals surface area contributed by atoms with E-state index < -0.39 is 27.4 Å². The third-order valence-electron chi connectivity index (χ3n) is 2.92. The first-order valence-corrected chi connectivity index (χ1v) is 8.23. The molecule has 114 valence electrons. The van der Waals surface area contributed by atoms with Crippen molar-refractivity contribution >= 4 is 21.8 Å². The van der Waals surface area contributed by atoms with Gasteiger partial charge in [-0.05, 0) is 32.9 Å². The van der Waals surface area contributed by atoms with Crippen molar-refractivity contribution in [3.8, 4) is 0 Å². The SMILES string of the molecule is CC(C)(C)NS(=O)(=O)CCN1C(=O)c2ccccc2C1=O. The maximum absolute atomic E-state index is 12.1. The maximum Gasteiger partial charge on any atom is 0.261 e. The smallest absolute Gasteiger partial charge is 0.261 e. The van der Waals surface area contributed by atoms with Crippen molar-refractivity contribution in [1.82, 2.24) is 9.62 Å². The molecular formula is C14H18N2O4S. The zero-order chi connectivity index (χ0) is 15.8. The second-order valence-corrected chi connectivity index (χ2v) is 7.82. The Balaban J connectivity index is 2.10. The van der Waals surface area contributed by atoms with E-state index in [-0.39, 0.29) is 12.3 Å². The van der Waals surface area contributed by atoms with Crippen molar-refractivity contribution in [3.63, 3.8) is 0 Å². The maximum atomic E-state index is 12.1. The molecule has 7 heteroatoms. The van der Waals surface area contributed by atoms with Gasteiger partial charge in [0.15, 0.2) is 0 Å². The number of rotatable bonds is 4. The van der Waals surface area contributed by atoms with E-state index in [1.165, 1.54) is 0 Å². The minimum Gasteiger partial charge on any atom is -0.273 e. The van der Waals surface area contributed by atoms with E-state index >= 15 is 0 Å². The van der Waals surface area contributed by atoms with E-state index in [0.29, 0.717) is 11.1 Å². The van der Waals surface area contributed by atoms with Gasteiger partial charge in [0.25, 0.3) is 11.8 Å². The Hall–Kier alpha value is -1.73. The van der Waals surface area contributed by atoms with Gasteiger partial charge in [0.2, 0.25) is 10.0 Å². The summed E-state index contributed by atoms with van der Waals surface area (Å²) in [4.78, 5) is 25.2. The Kier molecular flexibility index (Phi) is 3.90. The Morgan fingerprint density at radius 3 is 1.95 bits per heavy atom. The third kappa shape index (κ3) is 3.48. The number of fused-ring (bicyclic) bond motifs is 1. The lowest BCUT2D eigenvalue weighted by Gasteiger charge is -2.21. The lowest BCUT2D eigenvalue weighted by atomic mass is 10.1. The topological polar surface area (TPSA) is 83.6 Å². The van der Waals surface area contributed by atoms with Crippen LogP contribution in [0.4, 0.5) is 0 Å². The fourth-order valence-corrected chi connectivity index (χ4v) is 3.63. The number of hydrogen-bond acceptors (Lipinski definition) is 4. The highest BCUT2D eigenvalue weighted by Gasteiger charge is 2.35. The number of hydrogen-bond donors (Lipinski definition) is 1. The molecule has 1 N–H and O–H groups in total. The van der Waals surface area contributed by atoms with E-state index in [4.69, 9.17) is 0 Å². The number of amides is 2. The summed E-state index contributed by atoms with van der Waals surface area (Å²) in [5, 5.41) is 0. The summed E-state index contributed by atoms with van der Waals surface area (Å²) in [7, 11) is -3.56. The van der Waals surface area contributed by atoms with Gasteiger partial charge in [0, 0.05) is 12.1 Å². The van der Waals surface area contributed by atoms with Crippen molar-refractivity contribution in [2.75, 3.05) is 12.3 Å². The van der Waals surface area contributed by atoms with E-state index in [1.807, 2.05) is 0 Å². The fraction of sp³-hybridized carbons (Fsp3) is 0.429. The highest BCUT2D eigenvalue weighted by molar-refractivity contribution is 7.89. The van der Waals surface area contributed by atoms with Crippen LogP contribution in [0.3, 0.4) is 0 Å². The quantitative estimate of drug-likeness (QED) is 0.841. The van der Waals surface area contributed by atoms with Crippen LogP contribution in [0.2, 0.25) is 0 Å². The predicted molar refractivity (Wildman–Crippen MR) is 78.5 cm³/mol. The van der Waals surface area contributed by atoms with Gasteiger partial charge in [-0.2, -0.15) is 0 Å². The number of nitrogens with zero attached hydrogens (tertiary/aromatic N) is 1. The summed E-state index contributed by atoms with van der Waals surface area (Å²) in [6, 6.07) is 6.48. The Morgan fingerprint density at radius 1 is 1.05 bits per heavy atom. The summed E-state index contributed by atoms with van der Waals surface area (Å²) >= 11 is 0. The Morgan fingerprint density at radius 2 is 1.52 bits per heavy atom.